The second kappa shape index (κ2) is 7.38. The van der Waals surface area contributed by atoms with Crippen LogP contribution in [0.1, 0.15) is 25.8 Å². The molecule has 1 N–H and O–H groups in total. The monoisotopic (exact) mass is 323 g/mol. The van der Waals surface area contributed by atoms with E-state index in [9.17, 15) is 0 Å². The van der Waals surface area contributed by atoms with E-state index in [4.69, 9.17) is 0 Å². The van der Waals surface area contributed by atoms with Crippen molar-refractivity contribution in [3.05, 3.63) is 54.5 Å². The quantitative estimate of drug-likeness (QED) is 0.672. The first-order valence-corrected chi connectivity index (χ1v) is 8.87. The summed E-state index contributed by atoms with van der Waals surface area (Å²) in [5, 5.41) is 4.34. The maximum absolute atomic E-state index is 4.49. The number of benzene rings is 1. The Morgan fingerprint density at radius 1 is 1.00 bits per heavy atom. The molecule has 0 aliphatic heterocycles. The summed E-state index contributed by atoms with van der Waals surface area (Å²) in [6.07, 6.45) is 7.88. The smallest absolute Gasteiger partial charge is 0.183 e. The van der Waals surface area contributed by atoms with Gasteiger partial charge in [-0.3, -0.25) is 4.98 Å². The van der Waals surface area contributed by atoms with Crippen LogP contribution in [0.3, 0.4) is 0 Å². The van der Waals surface area contributed by atoms with E-state index in [0.717, 1.165) is 24.5 Å². The molecule has 2 heterocycles. The molecule has 0 atom stereocenters. The van der Waals surface area contributed by atoms with Crippen molar-refractivity contribution in [3.8, 4) is 21.6 Å². The lowest BCUT2D eigenvalue weighted by Gasteiger charge is -2.11. The second-order valence-electron chi connectivity index (χ2n) is 5.39. The van der Waals surface area contributed by atoms with E-state index in [-0.39, 0.29) is 0 Å². The summed E-state index contributed by atoms with van der Waals surface area (Å²) in [4.78, 5) is 10.0. The van der Waals surface area contributed by atoms with Gasteiger partial charge in [-0.25, -0.2) is 4.98 Å². The van der Waals surface area contributed by atoms with Crippen LogP contribution in [-0.4, -0.2) is 16.5 Å². The zero-order valence-corrected chi connectivity index (χ0v) is 14.4. The molecule has 3 aromatic rings. The average Bonchev–Trinajstić information content (AvgIpc) is 3.08. The molecule has 0 saturated carbocycles. The summed E-state index contributed by atoms with van der Waals surface area (Å²) in [6.45, 7) is 5.30. The van der Waals surface area contributed by atoms with Crippen LogP contribution in [0.25, 0.3) is 21.6 Å². The summed E-state index contributed by atoms with van der Waals surface area (Å²) in [5.74, 6) is 0. The predicted octanol–water partition coefficient (Wildman–Crippen LogP) is 5.26. The number of nitrogens with zero attached hydrogens (tertiary/aromatic N) is 2. The van der Waals surface area contributed by atoms with Gasteiger partial charge in [0.25, 0.3) is 0 Å². The minimum Gasteiger partial charge on any atom is -0.362 e. The van der Waals surface area contributed by atoms with Gasteiger partial charge in [0.2, 0.25) is 0 Å². The standard InChI is InChI=1S/C19H21N3S/c1-3-10-21-19-22-13-18(23-19)16-9-11-20-12-17(16)15-8-6-5-7-14(15)4-2/h5-9,11-13H,3-4,10H2,1-2H3,(H,21,22). The lowest BCUT2D eigenvalue weighted by Crippen LogP contribution is -1.97. The van der Waals surface area contributed by atoms with E-state index in [1.54, 1.807) is 11.3 Å². The van der Waals surface area contributed by atoms with Crippen LogP contribution in [0.4, 0.5) is 5.13 Å². The molecule has 0 radical (unpaired) electrons. The van der Waals surface area contributed by atoms with Crippen LogP contribution in [-0.2, 0) is 6.42 Å². The Balaban J connectivity index is 2.03. The van der Waals surface area contributed by atoms with Gasteiger partial charge < -0.3 is 5.32 Å². The number of pyridine rings is 1. The van der Waals surface area contributed by atoms with Crippen LogP contribution < -0.4 is 5.32 Å². The molecule has 118 valence electrons. The van der Waals surface area contributed by atoms with Gasteiger partial charge >= 0.3 is 0 Å². The van der Waals surface area contributed by atoms with Gasteiger partial charge in [-0.2, -0.15) is 0 Å². The van der Waals surface area contributed by atoms with Gasteiger partial charge in [-0.15, -0.1) is 0 Å². The highest BCUT2D eigenvalue weighted by molar-refractivity contribution is 7.18. The van der Waals surface area contributed by atoms with Gasteiger partial charge in [0.1, 0.15) is 0 Å². The summed E-state index contributed by atoms with van der Waals surface area (Å²) in [7, 11) is 0. The molecule has 0 bridgehead atoms. The Hall–Kier alpha value is -2.20. The number of hydrogen-bond donors (Lipinski definition) is 1. The minimum atomic E-state index is 0.953. The van der Waals surface area contributed by atoms with E-state index in [2.05, 4.69) is 59.5 Å². The third kappa shape index (κ3) is 3.42. The summed E-state index contributed by atoms with van der Waals surface area (Å²) < 4.78 is 0. The molecule has 0 aliphatic carbocycles. The van der Waals surface area contributed by atoms with Gasteiger partial charge in [-0.05, 0) is 30.0 Å². The molecule has 2 aromatic heterocycles. The highest BCUT2D eigenvalue weighted by atomic mass is 32.1. The molecule has 0 aliphatic rings. The fourth-order valence-electron chi connectivity index (χ4n) is 2.63. The first-order chi connectivity index (χ1) is 11.3. The third-order valence-corrected chi connectivity index (χ3v) is 4.80. The molecule has 0 amide bonds. The normalized spacial score (nSPS) is 10.7. The molecule has 0 fully saturated rings. The summed E-state index contributed by atoms with van der Waals surface area (Å²) in [5.41, 5.74) is 4.98. The second-order valence-corrected chi connectivity index (χ2v) is 6.42. The fraction of sp³-hybridized carbons (Fsp3) is 0.263. The van der Waals surface area contributed by atoms with Gasteiger partial charge in [0.05, 0.1) is 4.88 Å². The first kappa shape index (κ1) is 15.7. The van der Waals surface area contributed by atoms with Crippen molar-refractivity contribution in [2.75, 3.05) is 11.9 Å². The SMILES string of the molecule is CCCNc1ncc(-c2ccncc2-c2ccccc2CC)s1. The number of rotatable bonds is 6. The highest BCUT2D eigenvalue weighted by Crippen LogP contribution is 2.37. The molecular weight excluding hydrogens is 302 g/mol. The van der Waals surface area contributed by atoms with Crippen LogP contribution >= 0.6 is 11.3 Å². The first-order valence-electron chi connectivity index (χ1n) is 8.05. The Kier molecular flexibility index (Phi) is 5.03. The van der Waals surface area contributed by atoms with Crippen molar-refractivity contribution in [1.29, 1.82) is 0 Å². The lowest BCUT2D eigenvalue weighted by molar-refractivity contribution is 0.976. The van der Waals surface area contributed by atoms with Crippen LogP contribution in [0, 0.1) is 0 Å². The summed E-state index contributed by atoms with van der Waals surface area (Å²) in [6, 6.07) is 10.6. The molecule has 3 rings (SSSR count). The maximum Gasteiger partial charge on any atom is 0.183 e. The Bertz CT molecular complexity index is 780. The molecule has 4 heteroatoms. The maximum atomic E-state index is 4.49. The number of nitrogens with one attached hydrogen (secondary N) is 1. The van der Waals surface area contributed by atoms with Crippen molar-refractivity contribution >= 4 is 16.5 Å². The van der Waals surface area contributed by atoms with Crippen molar-refractivity contribution in [2.24, 2.45) is 0 Å². The van der Waals surface area contributed by atoms with E-state index >= 15 is 0 Å². The third-order valence-electron chi connectivity index (χ3n) is 3.81. The number of anilines is 1. The zero-order chi connectivity index (χ0) is 16.1. The Morgan fingerprint density at radius 3 is 2.70 bits per heavy atom. The number of thiazole rings is 1. The Labute approximate surface area is 141 Å². The van der Waals surface area contributed by atoms with Crippen LogP contribution in [0.5, 0.6) is 0 Å². The van der Waals surface area contributed by atoms with Crippen LogP contribution in [0.15, 0.2) is 48.9 Å². The van der Waals surface area contributed by atoms with Crippen molar-refractivity contribution in [2.45, 2.75) is 26.7 Å². The molecule has 0 saturated heterocycles. The molecule has 0 spiro atoms. The molecule has 1 aromatic carbocycles. The van der Waals surface area contributed by atoms with Gasteiger partial charge in [0, 0.05) is 36.3 Å². The topological polar surface area (TPSA) is 37.8 Å². The zero-order valence-electron chi connectivity index (χ0n) is 13.5. The number of aromatic nitrogens is 2. The minimum absolute atomic E-state index is 0.953. The molecular formula is C19H21N3S. The summed E-state index contributed by atoms with van der Waals surface area (Å²) >= 11 is 1.70. The number of hydrogen-bond acceptors (Lipinski definition) is 4. The lowest BCUT2D eigenvalue weighted by atomic mass is 9.95. The van der Waals surface area contributed by atoms with Gasteiger partial charge in [0.15, 0.2) is 5.13 Å². The molecule has 3 nitrogen and oxygen atoms in total. The van der Waals surface area contributed by atoms with E-state index in [1.165, 1.54) is 27.1 Å². The predicted molar refractivity (Wildman–Crippen MR) is 98.9 cm³/mol. The van der Waals surface area contributed by atoms with Crippen molar-refractivity contribution in [3.63, 3.8) is 0 Å². The van der Waals surface area contributed by atoms with E-state index < -0.39 is 0 Å². The van der Waals surface area contributed by atoms with E-state index in [1.807, 2.05) is 18.6 Å². The van der Waals surface area contributed by atoms with Crippen LogP contribution in [0.2, 0.25) is 0 Å². The average molecular weight is 323 g/mol. The highest BCUT2D eigenvalue weighted by Gasteiger charge is 2.12. The largest absolute Gasteiger partial charge is 0.362 e. The van der Waals surface area contributed by atoms with E-state index in [0.29, 0.717) is 0 Å². The van der Waals surface area contributed by atoms with Crippen molar-refractivity contribution < 1.29 is 0 Å². The Morgan fingerprint density at radius 2 is 1.87 bits per heavy atom. The van der Waals surface area contributed by atoms with Crippen molar-refractivity contribution in [1.82, 2.24) is 9.97 Å². The molecule has 23 heavy (non-hydrogen) atoms. The fourth-order valence-corrected chi connectivity index (χ4v) is 3.51. The number of aryl methyl sites for hydroxylation is 1. The molecule has 0 unspecified atom stereocenters. The van der Waals surface area contributed by atoms with Gasteiger partial charge in [-0.1, -0.05) is 49.4 Å².